The molecule has 54 heavy (non-hydrogen) atoms. The summed E-state index contributed by atoms with van der Waals surface area (Å²) >= 11 is 0. The van der Waals surface area contributed by atoms with Crippen LogP contribution in [-0.4, -0.2) is 143 Å². The van der Waals surface area contributed by atoms with Gasteiger partial charge in [-0.25, -0.2) is 4.98 Å². The molecule has 0 bridgehead atoms. The number of nitrogens with two attached hydrogens (primary N) is 4. The number of carboxylic acid groups (broad SMARTS) is 1. The fourth-order valence-electron chi connectivity index (χ4n) is 5.30. The van der Waals surface area contributed by atoms with E-state index in [2.05, 4.69) is 46.9 Å². The topological polar surface area (TPSA) is 377 Å². The van der Waals surface area contributed by atoms with E-state index in [1.807, 2.05) is 0 Å². The van der Waals surface area contributed by atoms with Crippen LogP contribution in [0, 0.1) is 0 Å². The Morgan fingerprint density at radius 1 is 0.870 bits per heavy atom. The summed E-state index contributed by atoms with van der Waals surface area (Å²) in [5.41, 5.74) is 23.0. The van der Waals surface area contributed by atoms with E-state index in [1.54, 1.807) is 0 Å². The first-order valence-corrected chi connectivity index (χ1v) is 17.4. The van der Waals surface area contributed by atoms with Gasteiger partial charge in [0.05, 0.1) is 32.0 Å². The van der Waals surface area contributed by atoms with Crippen molar-refractivity contribution in [3.63, 3.8) is 0 Å². The molecular weight excluding hydrogens is 712 g/mol. The Morgan fingerprint density at radius 2 is 1.52 bits per heavy atom. The molecule has 2 rings (SSSR count). The van der Waals surface area contributed by atoms with Gasteiger partial charge in [0.25, 0.3) is 0 Å². The molecule has 0 unspecified atom stereocenters. The zero-order valence-electron chi connectivity index (χ0n) is 29.9. The van der Waals surface area contributed by atoms with Gasteiger partial charge in [0, 0.05) is 31.4 Å². The molecule has 1 aromatic heterocycles. The highest BCUT2D eigenvalue weighted by Gasteiger charge is 2.36. The summed E-state index contributed by atoms with van der Waals surface area (Å²) in [7, 11) is 0. The van der Waals surface area contributed by atoms with E-state index in [-0.39, 0.29) is 44.7 Å². The summed E-state index contributed by atoms with van der Waals surface area (Å²) in [6.45, 7) is -1.45. The fourth-order valence-corrected chi connectivity index (χ4v) is 5.30. The highest BCUT2D eigenvalue weighted by atomic mass is 16.4. The number of hydrogen-bond donors (Lipinski definition) is 12. The number of nitrogens with one attached hydrogen (secondary N) is 7. The number of aromatic amines is 1. The number of rotatable bonds is 24. The summed E-state index contributed by atoms with van der Waals surface area (Å²) in [4.78, 5) is 112. The van der Waals surface area contributed by atoms with Crippen molar-refractivity contribution < 1.29 is 43.5 Å². The number of amides is 7. The molecular formula is C31H52N14O9. The summed E-state index contributed by atoms with van der Waals surface area (Å²) in [5, 5.41) is 23.1. The average Bonchev–Trinajstić information content (AvgIpc) is 3.84. The maximum absolute atomic E-state index is 13.6. The molecule has 1 saturated heterocycles. The van der Waals surface area contributed by atoms with Crippen molar-refractivity contribution in [1.29, 1.82) is 0 Å². The van der Waals surface area contributed by atoms with Crippen LogP contribution in [0.15, 0.2) is 17.5 Å². The second-order valence-electron chi connectivity index (χ2n) is 12.4. The Bertz CT molecular complexity index is 1470. The Hall–Kier alpha value is -5.84. The molecule has 0 radical (unpaired) electrons. The average molecular weight is 765 g/mol. The van der Waals surface area contributed by atoms with E-state index < -0.39 is 97.7 Å². The predicted octanol–water partition coefficient (Wildman–Crippen LogP) is -6.03. The van der Waals surface area contributed by atoms with Crippen LogP contribution in [0.1, 0.15) is 50.6 Å². The lowest BCUT2D eigenvalue weighted by atomic mass is 10.1. The van der Waals surface area contributed by atoms with Crippen LogP contribution < -0.4 is 54.8 Å². The molecule has 23 nitrogen and oxygen atoms in total. The fraction of sp³-hybridized carbons (Fsp3) is 0.613. The zero-order valence-corrected chi connectivity index (χ0v) is 29.9. The van der Waals surface area contributed by atoms with Crippen molar-refractivity contribution in [3.05, 3.63) is 18.2 Å². The molecule has 23 heteroatoms. The van der Waals surface area contributed by atoms with E-state index in [9.17, 15) is 38.4 Å². The number of hydrogen-bond acceptors (Lipinski definition) is 12. The molecule has 1 fully saturated rings. The number of carbonyl (C=O) groups is 8. The number of carbonyl (C=O) groups excluding carboxylic acids is 7. The molecule has 4 atom stereocenters. The third kappa shape index (κ3) is 16.7. The zero-order chi connectivity index (χ0) is 40.0. The number of aliphatic imine (C=N–C) groups is 1. The lowest BCUT2D eigenvalue weighted by molar-refractivity contribution is -0.140. The van der Waals surface area contributed by atoms with Gasteiger partial charge in [0.15, 0.2) is 5.96 Å². The van der Waals surface area contributed by atoms with Crippen molar-refractivity contribution in [2.24, 2.45) is 27.9 Å². The normalized spacial score (nSPS) is 15.1. The minimum Gasteiger partial charge on any atom is -0.480 e. The molecule has 1 aliphatic rings. The first-order chi connectivity index (χ1) is 25.7. The van der Waals surface area contributed by atoms with Gasteiger partial charge in [-0.05, 0) is 51.5 Å². The number of unbranched alkanes of at least 4 members (excludes halogenated alkanes) is 1. The van der Waals surface area contributed by atoms with Crippen LogP contribution in [0.3, 0.4) is 0 Å². The highest BCUT2D eigenvalue weighted by Crippen LogP contribution is 2.18. The lowest BCUT2D eigenvalue weighted by Crippen LogP contribution is -2.57. The molecule has 7 amide bonds. The van der Waals surface area contributed by atoms with Gasteiger partial charge < -0.3 is 69.8 Å². The summed E-state index contributed by atoms with van der Waals surface area (Å²) in [6, 6.07) is -4.24. The minimum atomic E-state index is -1.27. The number of likely N-dealkylation sites (tertiary alicyclic amines) is 1. The van der Waals surface area contributed by atoms with Gasteiger partial charge in [0.2, 0.25) is 41.4 Å². The Morgan fingerprint density at radius 3 is 2.17 bits per heavy atom. The van der Waals surface area contributed by atoms with Crippen molar-refractivity contribution in [2.75, 3.05) is 45.8 Å². The maximum atomic E-state index is 13.6. The number of carboxylic acids is 1. The van der Waals surface area contributed by atoms with Crippen LogP contribution in [0.5, 0.6) is 0 Å². The third-order valence-electron chi connectivity index (χ3n) is 8.09. The van der Waals surface area contributed by atoms with E-state index in [1.165, 1.54) is 17.4 Å². The molecule has 300 valence electrons. The second kappa shape index (κ2) is 23.7. The van der Waals surface area contributed by atoms with Crippen molar-refractivity contribution in [2.45, 2.75) is 75.5 Å². The maximum Gasteiger partial charge on any atom is 0.322 e. The predicted molar refractivity (Wildman–Crippen MR) is 191 cm³/mol. The largest absolute Gasteiger partial charge is 0.480 e. The Labute approximate surface area is 310 Å². The van der Waals surface area contributed by atoms with Gasteiger partial charge in [-0.1, -0.05) is 0 Å². The van der Waals surface area contributed by atoms with Crippen molar-refractivity contribution in [1.82, 2.24) is 46.8 Å². The van der Waals surface area contributed by atoms with Gasteiger partial charge in [-0.3, -0.25) is 43.3 Å². The summed E-state index contributed by atoms with van der Waals surface area (Å²) in [5.74, 6) is -6.11. The number of aliphatic carboxylic acids is 1. The summed E-state index contributed by atoms with van der Waals surface area (Å²) < 4.78 is 0. The van der Waals surface area contributed by atoms with Gasteiger partial charge in [0.1, 0.15) is 24.7 Å². The molecule has 1 aliphatic heterocycles. The van der Waals surface area contributed by atoms with Crippen molar-refractivity contribution >= 4 is 53.3 Å². The quantitative estimate of drug-likeness (QED) is 0.0265. The first-order valence-electron chi connectivity index (χ1n) is 17.4. The van der Waals surface area contributed by atoms with Gasteiger partial charge in [-0.15, -0.1) is 0 Å². The van der Waals surface area contributed by atoms with E-state index in [4.69, 9.17) is 28.0 Å². The molecule has 0 aromatic carbocycles. The van der Waals surface area contributed by atoms with Crippen molar-refractivity contribution in [3.8, 4) is 0 Å². The van der Waals surface area contributed by atoms with E-state index >= 15 is 0 Å². The van der Waals surface area contributed by atoms with Gasteiger partial charge in [-0.2, -0.15) is 0 Å². The third-order valence-corrected chi connectivity index (χ3v) is 8.09. The van der Waals surface area contributed by atoms with Crippen LogP contribution in [0.25, 0.3) is 0 Å². The monoisotopic (exact) mass is 764 g/mol. The van der Waals surface area contributed by atoms with E-state index in [0.717, 1.165) is 0 Å². The molecule has 0 saturated carbocycles. The molecule has 0 spiro atoms. The van der Waals surface area contributed by atoms with Gasteiger partial charge >= 0.3 is 5.97 Å². The molecule has 0 aliphatic carbocycles. The smallest absolute Gasteiger partial charge is 0.322 e. The van der Waals surface area contributed by atoms with E-state index in [0.29, 0.717) is 37.9 Å². The lowest BCUT2D eigenvalue weighted by Gasteiger charge is -2.27. The van der Waals surface area contributed by atoms with Crippen LogP contribution in [0.2, 0.25) is 0 Å². The number of guanidine groups is 1. The molecule has 1 aromatic rings. The summed E-state index contributed by atoms with van der Waals surface area (Å²) in [6.07, 6.45) is 5.30. The number of imidazole rings is 1. The SMILES string of the molecule is NCCCC[C@H](NC(=O)[C@H](CCCN=C(N)N)NC(=O)[C@@H]1CCCN1C(=O)CNC(=O)[C@@H](N)Cc1cnc[nH]1)C(=O)NCC(=O)NCC(=O)NCC(=O)O. The minimum absolute atomic E-state index is 0.0444. The number of nitrogens with zero attached hydrogens (tertiary/aromatic N) is 3. The molecule has 16 N–H and O–H groups in total. The second-order valence-corrected chi connectivity index (χ2v) is 12.4. The van der Waals surface area contributed by atoms with Crippen LogP contribution in [-0.2, 0) is 44.8 Å². The Kier molecular flexibility index (Phi) is 19.4. The molecule has 2 heterocycles. The van der Waals surface area contributed by atoms with Crippen LogP contribution >= 0.6 is 0 Å². The van der Waals surface area contributed by atoms with Crippen LogP contribution in [0.4, 0.5) is 0 Å². The first kappa shape index (κ1) is 44.3. The number of H-pyrrole nitrogens is 1. The number of aromatic nitrogens is 2. The standard InChI is InChI=1S/C31H52N14O9/c32-8-2-1-5-20(28(52)40-14-24(47)38-13-23(46)39-16-26(49)50)43-29(53)21(6-3-9-37-31(34)35)44-30(54)22-7-4-10-45(22)25(48)15-41-27(51)19(33)11-18-12-36-17-42-18/h12,17,19-22H,1-11,13-16,32-33H2,(H,36,42)(H,38,47)(H,39,46)(H,40,52)(H,41,51)(H,43,53)(H,44,54)(H,49,50)(H4,34,35,37)/t19-,20-,21-,22-/m0/s1. The Balaban J connectivity index is 2.06. The highest BCUT2D eigenvalue weighted by molar-refractivity contribution is 5.96.